The number of nitrogens with one attached hydrogen (secondary N) is 2. The van der Waals surface area contributed by atoms with Crippen molar-refractivity contribution in [2.45, 2.75) is 6.92 Å². The van der Waals surface area contributed by atoms with Crippen LogP contribution in [-0.2, 0) is 0 Å². The number of hydrogen-bond acceptors (Lipinski definition) is 5. The van der Waals surface area contributed by atoms with E-state index < -0.39 is 5.91 Å². The third kappa shape index (κ3) is 3.95. The van der Waals surface area contributed by atoms with Crippen LogP contribution in [0.3, 0.4) is 0 Å². The first-order valence-electron chi connectivity index (χ1n) is 7.76. The lowest BCUT2D eigenvalue weighted by molar-refractivity contribution is 0.0950. The predicted octanol–water partition coefficient (Wildman–Crippen LogP) is 2.81. The van der Waals surface area contributed by atoms with Crippen molar-refractivity contribution in [1.82, 2.24) is 15.6 Å². The maximum Gasteiger partial charge on any atom is 0.291 e. The number of furan rings is 1. The van der Waals surface area contributed by atoms with Gasteiger partial charge in [-0.2, -0.15) is 10.2 Å². The average molecular weight is 337 g/mol. The van der Waals surface area contributed by atoms with Crippen LogP contribution in [0.2, 0.25) is 0 Å². The van der Waals surface area contributed by atoms with Gasteiger partial charge in [0.15, 0.2) is 11.5 Å². The minimum atomic E-state index is -0.396. The van der Waals surface area contributed by atoms with Crippen molar-refractivity contribution in [3.05, 3.63) is 59.5 Å². The molecule has 7 heteroatoms. The molecule has 2 N–H and O–H groups in total. The van der Waals surface area contributed by atoms with E-state index in [4.69, 9.17) is 4.42 Å². The van der Waals surface area contributed by atoms with Crippen molar-refractivity contribution < 1.29 is 9.21 Å². The standard InChI is InChI=1S/C18H19N5O2/c1-12-4-9-17(25-12)15-10-16(21-20-15)18(24)22-19-11-13-5-7-14(8-6-13)23(2)3/h4-11H,1-3H3,(H,20,21)(H,22,24)/b19-11-. The second-order valence-electron chi connectivity index (χ2n) is 5.76. The van der Waals surface area contributed by atoms with Crippen LogP contribution in [0, 0.1) is 6.92 Å². The molecule has 128 valence electrons. The summed E-state index contributed by atoms with van der Waals surface area (Å²) < 4.78 is 5.49. The van der Waals surface area contributed by atoms with Gasteiger partial charge in [-0.05, 0) is 36.8 Å². The van der Waals surface area contributed by atoms with Gasteiger partial charge < -0.3 is 9.32 Å². The van der Waals surface area contributed by atoms with Gasteiger partial charge in [-0.3, -0.25) is 9.89 Å². The zero-order valence-electron chi connectivity index (χ0n) is 14.3. The first-order chi connectivity index (χ1) is 12.0. The molecule has 0 spiro atoms. The van der Waals surface area contributed by atoms with Crippen LogP contribution in [-0.4, -0.2) is 36.4 Å². The SMILES string of the molecule is Cc1ccc(-c2cc(C(=O)N/N=C\c3ccc(N(C)C)cc3)n[nH]2)o1. The Balaban J connectivity index is 1.61. The summed E-state index contributed by atoms with van der Waals surface area (Å²) in [6.07, 6.45) is 1.58. The highest BCUT2D eigenvalue weighted by Gasteiger charge is 2.12. The summed E-state index contributed by atoms with van der Waals surface area (Å²) in [4.78, 5) is 14.1. The van der Waals surface area contributed by atoms with E-state index in [1.54, 1.807) is 12.3 Å². The summed E-state index contributed by atoms with van der Waals surface area (Å²) >= 11 is 0. The number of aromatic nitrogens is 2. The normalized spacial score (nSPS) is 11.0. The van der Waals surface area contributed by atoms with Crippen molar-refractivity contribution in [1.29, 1.82) is 0 Å². The number of amides is 1. The van der Waals surface area contributed by atoms with Crippen molar-refractivity contribution in [3.8, 4) is 11.5 Å². The second kappa shape index (κ2) is 7.04. The smallest absolute Gasteiger partial charge is 0.291 e. The number of benzene rings is 1. The molecule has 0 unspecified atom stereocenters. The molecule has 7 nitrogen and oxygen atoms in total. The molecule has 0 fully saturated rings. The number of rotatable bonds is 5. The summed E-state index contributed by atoms with van der Waals surface area (Å²) in [6.45, 7) is 1.85. The monoisotopic (exact) mass is 337 g/mol. The fraction of sp³-hybridized carbons (Fsp3) is 0.167. The van der Waals surface area contributed by atoms with Crippen molar-refractivity contribution >= 4 is 17.8 Å². The predicted molar refractivity (Wildman–Crippen MR) is 96.9 cm³/mol. The van der Waals surface area contributed by atoms with Crippen LogP contribution in [0.15, 0.2) is 52.0 Å². The highest BCUT2D eigenvalue weighted by Crippen LogP contribution is 2.20. The number of anilines is 1. The van der Waals surface area contributed by atoms with Gasteiger partial charge in [0.25, 0.3) is 5.91 Å². The van der Waals surface area contributed by atoms with Crippen LogP contribution in [0.1, 0.15) is 21.8 Å². The number of aryl methyl sites for hydroxylation is 1. The first kappa shape index (κ1) is 16.5. The van der Waals surface area contributed by atoms with E-state index >= 15 is 0 Å². The lowest BCUT2D eigenvalue weighted by atomic mass is 10.2. The van der Waals surface area contributed by atoms with Gasteiger partial charge in [0.1, 0.15) is 11.5 Å². The summed E-state index contributed by atoms with van der Waals surface area (Å²) in [5, 5.41) is 10.7. The van der Waals surface area contributed by atoms with E-state index in [9.17, 15) is 4.79 Å². The molecule has 0 atom stereocenters. The van der Waals surface area contributed by atoms with E-state index in [-0.39, 0.29) is 5.69 Å². The Bertz CT molecular complexity index is 890. The summed E-state index contributed by atoms with van der Waals surface area (Å²) in [7, 11) is 3.96. The molecule has 0 saturated heterocycles. The molecule has 3 aromatic rings. The number of nitrogens with zero attached hydrogens (tertiary/aromatic N) is 3. The Kier molecular flexibility index (Phi) is 4.65. The number of aromatic amines is 1. The number of H-pyrrole nitrogens is 1. The van der Waals surface area contributed by atoms with Gasteiger partial charge in [-0.25, -0.2) is 5.43 Å². The van der Waals surface area contributed by atoms with Gasteiger partial charge in [0, 0.05) is 25.8 Å². The molecule has 0 aliphatic rings. The van der Waals surface area contributed by atoms with E-state index in [0.29, 0.717) is 11.5 Å². The molecule has 2 aromatic heterocycles. The van der Waals surface area contributed by atoms with Gasteiger partial charge >= 0.3 is 0 Å². The number of carbonyl (C=O) groups is 1. The van der Waals surface area contributed by atoms with E-state index in [0.717, 1.165) is 17.0 Å². The van der Waals surface area contributed by atoms with Crippen LogP contribution in [0.4, 0.5) is 5.69 Å². The van der Waals surface area contributed by atoms with Crippen molar-refractivity contribution in [2.24, 2.45) is 5.10 Å². The summed E-state index contributed by atoms with van der Waals surface area (Å²) in [5.74, 6) is 1.03. The summed E-state index contributed by atoms with van der Waals surface area (Å²) in [6, 6.07) is 13.1. The summed E-state index contributed by atoms with van der Waals surface area (Å²) in [5.41, 5.74) is 5.33. The third-order valence-corrected chi connectivity index (χ3v) is 3.61. The average Bonchev–Trinajstić information content (AvgIpc) is 3.24. The zero-order chi connectivity index (χ0) is 17.8. The highest BCUT2D eigenvalue weighted by atomic mass is 16.3. The molecule has 1 amide bonds. The van der Waals surface area contributed by atoms with E-state index in [2.05, 4.69) is 20.7 Å². The fourth-order valence-corrected chi connectivity index (χ4v) is 2.22. The maximum absolute atomic E-state index is 12.1. The van der Waals surface area contributed by atoms with Crippen LogP contribution in [0.5, 0.6) is 0 Å². The fourth-order valence-electron chi connectivity index (χ4n) is 2.22. The molecule has 1 aromatic carbocycles. The third-order valence-electron chi connectivity index (χ3n) is 3.61. The minimum Gasteiger partial charge on any atom is -0.460 e. The van der Waals surface area contributed by atoms with Gasteiger partial charge in [0.05, 0.1) is 6.21 Å². The van der Waals surface area contributed by atoms with E-state index in [1.165, 1.54) is 0 Å². The Morgan fingerprint density at radius 1 is 1.24 bits per heavy atom. The van der Waals surface area contributed by atoms with Gasteiger partial charge in [0.2, 0.25) is 0 Å². The molecule has 0 aliphatic heterocycles. The molecule has 2 heterocycles. The Labute approximate surface area is 145 Å². The Morgan fingerprint density at radius 2 is 2.00 bits per heavy atom. The molecule has 0 bridgehead atoms. The Morgan fingerprint density at radius 3 is 2.64 bits per heavy atom. The molecular weight excluding hydrogens is 318 g/mol. The van der Waals surface area contributed by atoms with Crippen LogP contribution >= 0.6 is 0 Å². The number of hydrazone groups is 1. The van der Waals surface area contributed by atoms with Crippen LogP contribution < -0.4 is 10.3 Å². The molecular formula is C18H19N5O2. The zero-order valence-corrected chi connectivity index (χ0v) is 14.3. The largest absolute Gasteiger partial charge is 0.460 e. The topological polar surface area (TPSA) is 86.5 Å². The van der Waals surface area contributed by atoms with Crippen LogP contribution in [0.25, 0.3) is 11.5 Å². The molecule has 25 heavy (non-hydrogen) atoms. The Hall–Kier alpha value is -3.35. The minimum absolute atomic E-state index is 0.240. The number of carbonyl (C=O) groups excluding carboxylic acids is 1. The van der Waals surface area contributed by atoms with Crippen molar-refractivity contribution in [2.75, 3.05) is 19.0 Å². The van der Waals surface area contributed by atoms with Gasteiger partial charge in [-0.15, -0.1) is 0 Å². The van der Waals surface area contributed by atoms with Gasteiger partial charge in [-0.1, -0.05) is 12.1 Å². The number of hydrogen-bond donors (Lipinski definition) is 2. The highest BCUT2D eigenvalue weighted by molar-refractivity contribution is 5.94. The maximum atomic E-state index is 12.1. The lowest BCUT2D eigenvalue weighted by Crippen LogP contribution is -2.18. The quantitative estimate of drug-likeness (QED) is 0.554. The van der Waals surface area contributed by atoms with Crippen molar-refractivity contribution in [3.63, 3.8) is 0 Å². The first-order valence-corrected chi connectivity index (χ1v) is 7.76. The lowest BCUT2D eigenvalue weighted by Gasteiger charge is -2.11. The molecule has 3 rings (SSSR count). The molecule has 0 aliphatic carbocycles. The molecule has 0 saturated carbocycles. The molecule has 0 radical (unpaired) electrons. The second-order valence-corrected chi connectivity index (χ2v) is 5.76. The van der Waals surface area contributed by atoms with E-state index in [1.807, 2.05) is 62.3 Å².